The van der Waals surface area contributed by atoms with Crippen LogP contribution < -0.4 is 18.9 Å². The van der Waals surface area contributed by atoms with E-state index in [0.717, 1.165) is 5.56 Å². The van der Waals surface area contributed by atoms with E-state index in [1.807, 2.05) is 26.0 Å². The Balaban J connectivity index is 1.98. The Morgan fingerprint density at radius 3 is 2.24 bits per heavy atom. The molecule has 0 spiro atoms. The Labute approximate surface area is 170 Å². The van der Waals surface area contributed by atoms with Gasteiger partial charge in [0.2, 0.25) is 5.75 Å². The Morgan fingerprint density at radius 2 is 1.66 bits per heavy atom. The van der Waals surface area contributed by atoms with Crippen LogP contribution in [0.4, 0.5) is 0 Å². The third kappa shape index (κ3) is 4.06. The standard InChI is InChI=1S/C23H24O6/c1-23(2)11-10-16-18(26-3)9-7-15(22(16)29-23)17(24)8-6-14-12-19(27-4)21(25)20(13-14)28-5/h6-13,25H,1-5H3/b8-6+. The van der Waals surface area contributed by atoms with E-state index in [1.54, 1.807) is 37.5 Å². The van der Waals surface area contributed by atoms with Gasteiger partial charge in [0.25, 0.3) is 0 Å². The maximum atomic E-state index is 12.9. The Kier molecular flexibility index (Phi) is 5.55. The first kappa shape index (κ1) is 20.3. The highest BCUT2D eigenvalue weighted by Crippen LogP contribution is 2.40. The zero-order valence-electron chi connectivity index (χ0n) is 17.1. The van der Waals surface area contributed by atoms with Crippen LogP contribution in [0.3, 0.4) is 0 Å². The van der Waals surface area contributed by atoms with Crippen molar-refractivity contribution in [2.45, 2.75) is 19.4 Å². The number of ether oxygens (including phenoxy) is 4. The molecule has 0 aliphatic carbocycles. The maximum absolute atomic E-state index is 12.9. The van der Waals surface area contributed by atoms with Crippen LogP contribution >= 0.6 is 0 Å². The summed E-state index contributed by atoms with van der Waals surface area (Å²) >= 11 is 0. The minimum atomic E-state index is -0.532. The van der Waals surface area contributed by atoms with Crippen LogP contribution in [-0.4, -0.2) is 37.8 Å². The van der Waals surface area contributed by atoms with Crippen LogP contribution in [0.2, 0.25) is 0 Å². The van der Waals surface area contributed by atoms with Crippen LogP contribution in [0.25, 0.3) is 12.2 Å². The molecule has 0 saturated heterocycles. The SMILES string of the molecule is COc1cc(/C=C/C(=O)c2ccc(OC)c3c2OC(C)(C)C=C3)cc(OC)c1O. The van der Waals surface area contributed by atoms with Crippen molar-refractivity contribution in [2.24, 2.45) is 0 Å². The number of hydrogen-bond acceptors (Lipinski definition) is 6. The molecule has 0 aromatic heterocycles. The first-order valence-corrected chi connectivity index (χ1v) is 9.06. The van der Waals surface area contributed by atoms with Gasteiger partial charge in [-0.15, -0.1) is 0 Å². The van der Waals surface area contributed by atoms with Gasteiger partial charge in [-0.3, -0.25) is 4.79 Å². The topological polar surface area (TPSA) is 74.2 Å². The van der Waals surface area contributed by atoms with Crippen LogP contribution in [0.15, 0.2) is 36.4 Å². The summed E-state index contributed by atoms with van der Waals surface area (Å²) in [7, 11) is 4.48. The molecule has 152 valence electrons. The molecule has 6 heteroatoms. The third-order valence-corrected chi connectivity index (χ3v) is 4.59. The van der Waals surface area contributed by atoms with Crippen LogP contribution in [-0.2, 0) is 0 Å². The molecule has 0 amide bonds. The van der Waals surface area contributed by atoms with Crippen molar-refractivity contribution < 1.29 is 28.8 Å². The number of hydrogen-bond donors (Lipinski definition) is 1. The lowest BCUT2D eigenvalue weighted by Gasteiger charge is -2.29. The number of benzene rings is 2. The molecule has 1 aliphatic heterocycles. The highest BCUT2D eigenvalue weighted by atomic mass is 16.5. The molecule has 29 heavy (non-hydrogen) atoms. The second-order valence-electron chi connectivity index (χ2n) is 7.07. The molecule has 0 bridgehead atoms. The molecule has 0 saturated carbocycles. The number of phenolic OH excluding ortho intramolecular Hbond substituents is 1. The minimum absolute atomic E-state index is 0.0925. The molecular formula is C23H24O6. The van der Waals surface area contributed by atoms with E-state index in [4.69, 9.17) is 18.9 Å². The summed E-state index contributed by atoms with van der Waals surface area (Å²) in [5.41, 5.74) is 1.29. The number of allylic oxidation sites excluding steroid dienone is 1. The Bertz CT molecular complexity index is 976. The second kappa shape index (κ2) is 7.91. The smallest absolute Gasteiger partial charge is 0.200 e. The summed E-state index contributed by atoms with van der Waals surface area (Å²) < 4.78 is 21.8. The average molecular weight is 396 g/mol. The molecule has 3 rings (SSSR count). The van der Waals surface area contributed by atoms with Gasteiger partial charge < -0.3 is 24.1 Å². The highest BCUT2D eigenvalue weighted by Gasteiger charge is 2.27. The number of phenols is 1. The maximum Gasteiger partial charge on any atom is 0.200 e. The third-order valence-electron chi connectivity index (χ3n) is 4.59. The summed E-state index contributed by atoms with van der Waals surface area (Å²) in [6.45, 7) is 3.84. The van der Waals surface area contributed by atoms with Gasteiger partial charge in [0.1, 0.15) is 17.1 Å². The lowest BCUT2D eigenvalue weighted by atomic mass is 9.97. The summed E-state index contributed by atoms with van der Waals surface area (Å²) in [6.07, 6.45) is 6.92. The van der Waals surface area contributed by atoms with E-state index >= 15 is 0 Å². The van der Waals surface area contributed by atoms with Crippen molar-refractivity contribution in [1.29, 1.82) is 0 Å². The molecule has 0 unspecified atom stereocenters. The van der Waals surface area contributed by atoms with Gasteiger partial charge >= 0.3 is 0 Å². The molecule has 1 heterocycles. The summed E-state index contributed by atoms with van der Waals surface area (Å²) in [5.74, 6) is 1.33. The summed E-state index contributed by atoms with van der Waals surface area (Å²) in [4.78, 5) is 12.9. The van der Waals surface area contributed by atoms with Crippen molar-refractivity contribution >= 4 is 17.9 Å². The minimum Gasteiger partial charge on any atom is -0.502 e. The van der Waals surface area contributed by atoms with Crippen LogP contribution in [0.1, 0.15) is 35.3 Å². The number of carbonyl (C=O) groups excluding carboxylic acids is 1. The molecule has 6 nitrogen and oxygen atoms in total. The van der Waals surface area contributed by atoms with Gasteiger partial charge in [-0.05, 0) is 61.9 Å². The zero-order chi connectivity index (χ0) is 21.2. The lowest BCUT2D eigenvalue weighted by Crippen LogP contribution is -2.28. The van der Waals surface area contributed by atoms with Gasteiger partial charge in [0.05, 0.1) is 32.5 Å². The zero-order valence-corrected chi connectivity index (χ0v) is 17.1. The van der Waals surface area contributed by atoms with Gasteiger partial charge in [-0.2, -0.15) is 0 Å². The van der Waals surface area contributed by atoms with Crippen LogP contribution in [0.5, 0.6) is 28.7 Å². The molecule has 0 fully saturated rings. The van der Waals surface area contributed by atoms with E-state index in [0.29, 0.717) is 22.6 Å². The summed E-state index contributed by atoms with van der Waals surface area (Å²) in [6, 6.07) is 6.68. The van der Waals surface area contributed by atoms with E-state index in [2.05, 4.69) is 0 Å². The molecule has 2 aromatic rings. The quantitative estimate of drug-likeness (QED) is 0.573. The number of aromatic hydroxyl groups is 1. The molecular weight excluding hydrogens is 372 g/mol. The van der Waals surface area contributed by atoms with Crippen molar-refractivity contribution in [3.05, 3.63) is 53.1 Å². The van der Waals surface area contributed by atoms with E-state index in [1.165, 1.54) is 20.3 Å². The summed E-state index contributed by atoms with van der Waals surface area (Å²) in [5, 5.41) is 10.0. The van der Waals surface area contributed by atoms with Crippen molar-refractivity contribution in [2.75, 3.05) is 21.3 Å². The lowest BCUT2D eigenvalue weighted by molar-refractivity contribution is 0.103. The largest absolute Gasteiger partial charge is 0.502 e. The Hall–Kier alpha value is -3.41. The van der Waals surface area contributed by atoms with Crippen molar-refractivity contribution in [3.63, 3.8) is 0 Å². The Morgan fingerprint density at radius 1 is 1.03 bits per heavy atom. The normalized spacial score (nSPS) is 14.2. The van der Waals surface area contributed by atoms with Crippen molar-refractivity contribution in [1.82, 2.24) is 0 Å². The number of rotatable bonds is 6. The number of ketones is 1. The number of carbonyl (C=O) groups is 1. The predicted octanol–water partition coefficient (Wildman–Crippen LogP) is 4.50. The molecule has 1 aliphatic rings. The first-order chi connectivity index (χ1) is 13.8. The molecule has 0 radical (unpaired) electrons. The highest BCUT2D eigenvalue weighted by molar-refractivity contribution is 6.09. The van der Waals surface area contributed by atoms with Gasteiger partial charge in [0, 0.05) is 0 Å². The first-order valence-electron chi connectivity index (χ1n) is 9.06. The molecule has 2 aromatic carbocycles. The fraction of sp³-hybridized carbons (Fsp3) is 0.261. The van der Waals surface area contributed by atoms with Crippen LogP contribution in [0, 0.1) is 0 Å². The van der Waals surface area contributed by atoms with Gasteiger partial charge in [-0.1, -0.05) is 6.08 Å². The molecule has 1 N–H and O–H groups in total. The van der Waals surface area contributed by atoms with Gasteiger partial charge in [0.15, 0.2) is 17.3 Å². The average Bonchev–Trinajstić information content (AvgIpc) is 2.71. The monoisotopic (exact) mass is 396 g/mol. The van der Waals surface area contributed by atoms with E-state index in [-0.39, 0.29) is 23.0 Å². The number of fused-ring (bicyclic) bond motifs is 1. The fourth-order valence-corrected chi connectivity index (χ4v) is 3.07. The fourth-order valence-electron chi connectivity index (χ4n) is 3.07. The predicted molar refractivity (Wildman–Crippen MR) is 111 cm³/mol. The number of methoxy groups -OCH3 is 3. The van der Waals surface area contributed by atoms with E-state index < -0.39 is 5.60 Å². The van der Waals surface area contributed by atoms with E-state index in [9.17, 15) is 9.90 Å². The van der Waals surface area contributed by atoms with Crippen molar-refractivity contribution in [3.8, 4) is 28.7 Å². The molecule has 0 atom stereocenters. The second-order valence-corrected chi connectivity index (χ2v) is 7.07. The van der Waals surface area contributed by atoms with Gasteiger partial charge in [-0.25, -0.2) is 0 Å².